The molecule has 0 aliphatic heterocycles. The Bertz CT molecular complexity index is 768. The summed E-state index contributed by atoms with van der Waals surface area (Å²) in [5.41, 5.74) is 2.30. The minimum absolute atomic E-state index is 0.407. The highest BCUT2D eigenvalue weighted by atomic mass is 16.6. The van der Waals surface area contributed by atoms with Crippen molar-refractivity contribution in [2.24, 2.45) is 7.05 Å². The number of hydrogen-bond acceptors (Lipinski definition) is 5. The third-order valence-corrected chi connectivity index (χ3v) is 3.40. The van der Waals surface area contributed by atoms with E-state index in [0.717, 1.165) is 5.56 Å². The van der Waals surface area contributed by atoms with E-state index >= 15 is 0 Å². The highest BCUT2D eigenvalue weighted by Gasteiger charge is 2.26. The van der Waals surface area contributed by atoms with Gasteiger partial charge in [0.1, 0.15) is 11.2 Å². The number of methoxy groups -OCH3 is 1. The lowest BCUT2D eigenvalue weighted by atomic mass is 10.0. The van der Waals surface area contributed by atoms with Crippen LogP contribution in [0.2, 0.25) is 0 Å². The van der Waals surface area contributed by atoms with Gasteiger partial charge in [0.15, 0.2) is 0 Å². The molecule has 0 radical (unpaired) electrons. The lowest BCUT2D eigenvalue weighted by Crippen LogP contribution is -2.24. The van der Waals surface area contributed by atoms with Crippen LogP contribution < -0.4 is 0 Å². The second-order valence-corrected chi connectivity index (χ2v) is 6.50. The SMILES string of the molecule is COC(=O)c1ccc(-c2c(C(=O)OC(C)(C)C)c(C)nn2C)cc1. The molecule has 2 aromatic rings. The Hall–Kier alpha value is -2.63. The maximum Gasteiger partial charge on any atom is 0.342 e. The first-order chi connectivity index (χ1) is 11.1. The lowest BCUT2D eigenvalue weighted by molar-refractivity contribution is 0.00694. The smallest absolute Gasteiger partial charge is 0.342 e. The zero-order valence-corrected chi connectivity index (χ0v) is 14.8. The van der Waals surface area contributed by atoms with Gasteiger partial charge in [-0.25, -0.2) is 9.59 Å². The molecule has 6 heteroatoms. The van der Waals surface area contributed by atoms with Crippen molar-refractivity contribution in [2.75, 3.05) is 7.11 Å². The van der Waals surface area contributed by atoms with Gasteiger partial charge in [0, 0.05) is 12.6 Å². The van der Waals surface area contributed by atoms with E-state index < -0.39 is 17.5 Å². The van der Waals surface area contributed by atoms with Gasteiger partial charge in [-0.05, 0) is 39.8 Å². The number of aromatic nitrogens is 2. The van der Waals surface area contributed by atoms with Crippen molar-refractivity contribution in [2.45, 2.75) is 33.3 Å². The Morgan fingerprint density at radius 3 is 2.17 bits per heavy atom. The molecule has 0 aliphatic rings. The van der Waals surface area contributed by atoms with E-state index in [9.17, 15) is 9.59 Å². The first-order valence-corrected chi connectivity index (χ1v) is 7.59. The molecule has 0 N–H and O–H groups in total. The Morgan fingerprint density at radius 1 is 1.08 bits per heavy atom. The fourth-order valence-electron chi connectivity index (χ4n) is 2.44. The molecular formula is C18H22N2O4. The number of rotatable bonds is 3. The summed E-state index contributed by atoms with van der Waals surface area (Å²) in [7, 11) is 3.10. The highest BCUT2D eigenvalue weighted by molar-refractivity contribution is 5.98. The number of benzene rings is 1. The van der Waals surface area contributed by atoms with Gasteiger partial charge < -0.3 is 9.47 Å². The summed E-state index contributed by atoms with van der Waals surface area (Å²) in [4.78, 5) is 24.1. The normalized spacial score (nSPS) is 11.2. The van der Waals surface area contributed by atoms with Crippen LogP contribution in [0.25, 0.3) is 11.3 Å². The third kappa shape index (κ3) is 3.64. The molecule has 0 bridgehead atoms. The quantitative estimate of drug-likeness (QED) is 0.809. The minimum atomic E-state index is -0.592. The second-order valence-electron chi connectivity index (χ2n) is 6.50. The van der Waals surface area contributed by atoms with Crippen LogP contribution in [0.15, 0.2) is 24.3 Å². The number of carbonyl (C=O) groups excluding carboxylic acids is 2. The van der Waals surface area contributed by atoms with Crippen LogP contribution in [0.4, 0.5) is 0 Å². The molecule has 2 rings (SSSR count). The van der Waals surface area contributed by atoms with Gasteiger partial charge in [0.2, 0.25) is 0 Å². The van der Waals surface area contributed by atoms with Gasteiger partial charge in [-0.2, -0.15) is 5.10 Å². The Labute approximate surface area is 141 Å². The van der Waals surface area contributed by atoms with Gasteiger partial charge in [0.25, 0.3) is 0 Å². The molecule has 128 valence electrons. The fraction of sp³-hybridized carbons (Fsp3) is 0.389. The van der Waals surface area contributed by atoms with Crippen LogP contribution in [0.3, 0.4) is 0 Å². The van der Waals surface area contributed by atoms with Gasteiger partial charge in [0.05, 0.1) is 24.1 Å². The molecule has 0 amide bonds. The largest absolute Gasteiger partial charge is 0.465 e. The molecule has 0 unspecified atom stereocenters. The predicted molar refractivity (Wildman–Crippen MR) is 89.9 cm³/mol. The van der Waals surface area contributed by atoms with Crippen molar-refractivity contribution in [1.82, 2.24) is 9.78 Å². The van der Waals surface area contributed by atoms with Crippen molar-refractivity contribution >= 4 is 11.9 Å². The van der Waals surface area contributed by atoms with Crippen molar-refractivity contribution in [1.29, 1.82) is 0 Å². The predicted octanol–water partition coefficient (Wildman–Crippen LogP) is 3.14. The van der Waals surface area contributed by atoms with Crippen molar-refractivity contribution in [3.63, 3.8) is 0 Å². The van der Waals surface area contributed by atoms with E-state index in [2.05, 4.69) is 5.10 Å². The molecule has 24 heavy (non-hydrogen) atoms. The molecule has 0 saturated heterocycles. The van der Waals surface area contributed by atoms with Crippen LogP contribution in [0.5, 0.6) is 0 Å². The molecule has 1 aromatic heterocycles. The number of hydrogen-bond donors (Lipinski definition) is 0. The van der Waals surface area contributed by atoms with E-state index in [1.54, 1.807) is 42.9 Å². The van der Waals surface area contributed by atoms with Gasteiger partial charge in [-0.15, -0.1) is 0 Å². The maximum absolute atomic E-state index is 12.6. The second kappa shape index (κ2) is 6.47. The van der Waals surface area contributed by atoms with Gasteiger partial charge >= 0.3 is 11.9 Å². The summed E-state index contributed by atoms with van der Waals surface area (Å²) in [5, 5.41) is 4.34. The van der Waals surface area contributed by atoms with E-state index in [0.29, 0.717) is 22.5 Å². The van der Waals surface area contributed by atoms with E-state index in [-0.39, 0.29) is 0 Å². The molecular weight excluding hydrogens is 308 g/mol. The zero-order valence-electron chi connectivity index (χ0n) is 14.8. The van der Waals surface area contributed by atoms with Crippen LogP contribution in [-0.2, 0) is 16.5 Å². The number of nitrogens with zero attached hydrogens (tertiary/aromatic N) is 2. The first-order valence-electron chi connectivity index (χ1n) is 7.59. The summed E-state index contributed by atoms with van der Waals surface area (Å²) in [5.74, 6) is -0.824. The summed E-state index contributed by atoms with van der Waals surface area (Å²) in [6, 6.07) is 6.83. The van der Waals surface area contributed by atoms with Crippen molar-refractivity contribution < 1.29 is 19.1 Å². The molecule has 0 atom stereocenters. The van der Waals surface area contributed by atoms with Gasteiger partial charge in [-0.1, -0.05) is 12.1 Å². The van der Waals surface area contributed by atoms with Crippen LogP contribution in [0.1, 0.15) is 47.2 Å². The molecule has 1 heterocycles. The van der Waals surface area contributed by atoms with Crippen LogP contribution >= 0.6 is 0 Å². The summed E-state index contributed by atoms with van der Waals surface area (Å²) in [6.45, 7) is 7.23. The number of esters is 2. The van der Waals surface area contributed by atoms with Crippen molar-refractivity contribution in [3.05, 3.63) is 41.1 Å². The molecule has 0 saturated carbocycles. The molecule has 6 nitrogen and oxygen atoms in total. The standard InChI is InChI=1S/C18H22N2O4/c1-11-14(17(22)24-18(2,3)4)15(20(5)19-11)12-7-9-13(10-8-12)16(21)23-6/h7-10H,1-6H3. The minimum Gasteiger partial charge on any atom is -0.465 e. The molecule has 0 spiro atoms. The monoisotopic (exact) mass is 330 g/mol. The van der Waals surface area contributed by atoms with Gasteiger partial charge in [-0.3, -0.25) is 4.68 Å². The number of carbonyl (C=O) groups is 2. The Balaban J connectivity index is 2.47. The van der Waals surface area contributed by atoms with Crippen LogP contribution in [0, 0.1) is 6.92 Å². The molecule has 0 aliphatic carbocycles. The van der Waals surface area contributed by atoms with E-state index in [1.165, 1.54) is 7.11 Å². The van der Waals surface area contributed by atoms with Crippen LogP contribution in [-0.4, -0.2) is 34.4 Å². The highest BCUT2D eigenvalue weighted by Crippen LogP contribution is 2.28. The first kappa shape index (κ1) is 17.7. The third-order valence-electron chi connectivity index (χ3n) is 3.40. The Kier molecular flexibility index (Phi) is 4.78. The zero-order chi connectivity index (χ0) is 18.1. The number of ether oxygens (including phenoxy) is 2. The maximum atomic E-state index is 12.6. The molecule has 1 aromatic carbocycles. The van der Waals surface area contributed by atoms with E-state index in [4.69, 9.17) is 9.47 Å². The van der Waals surface area contributed by atoms with E-state index in [1.807, 2.05) is 20.8 Å². The average molecular weight is 330 g/mol. The average Bonchev–Trinajstić information content (AvgIpc) is 2.79. The summed E-state index contributed by atoms with van der Waals surface area (Å²) < 4.78 is 11.8. The topological polar surface area (TPSA) is 70.4 Å². The fourth-order valence-corrected chi connectivity index (χ4v) is 2.44. The Morgan fingerprint density at radius 2 is 1.67 bits per heavy atom. The summed E-state index contributed by atoms with van der Waals surface area (Å²) >= 11 is 0. The number of aryl methyl sites for hydroxylation is 2. The molecule has 0 fully saturated rings. The summed E-state index contributed by atoms with van der Waals surface area (Å²) in [6.07, 6.45) is 0. The lowest BCUT2D eigenvalue weighted by Gasteiger charge is -2.20. The van der Waals surface area contributed by atoms with Crippen molar-refractivity contribution in [3.8, 4) is 11.3 Å².